The van der Waals surface area contributed by atoms with Gasteiger partial charge in [0.2, 0.25) is 0 Å². The first-order valence-electron chi connectivity index (χ1n) is 5.80. The van der Waals surface area contributed by atoms with Gasteiger partial charge in [0.1, 0.15) is 0 Å². The second kappa shape index (κ2) is 7.81. The highest BCUT2D eigenvalue weighted by Gasteiger charge is 2.09. The maximum Gasteiger partial charge on any atom is 0.309 e. The maximum atomic E-state index is 11.3. The van der Waals surface area contributed by atoms with Crippen LogP contribution in [0, 0.1) is 0 Å². The standard InChI is InChI=1S/C13H19NO4/c1-18-13(17)6-10-4-2-3-5-11(10)7-14-12(8-15)9-16/h2-5,12,14-16H,6-9H2,1H3. The van der Waals surface area contributed by atoms with Crippen LogP contribution in [-0.2, 0) is 22.5 Å². The van der Waals surface area contributed by atoms with Crippen molar-refractivity contribution in [1.82, 2.24) is 5.32 Å². The molecule has 0 unspecified atom stereocenters. The van der Waals surface area contributed by atoms with E-state index in [1.807, 2.05) is 24.3 Å². The highest BCUT2D eigenvalue weighted by molar-refractivity contribution is 5.72. The minimum Gasteiger partial charge on any atom is -0.469 e. The second-order valence-electron chi connectivity index (χ2n) is 3.96. The number of aliphatic hydroxyl groups excluding tert-OH is 2. The monoisotopic (exact) mass is 253 g/mol. The van der Waals surface area contributed by atoms with E-state index in [0.29, 0.717) is 6.54 Å². The molecule has 1 aromatic carbocycles. The van der Waals surface area contributed by atoms with E-state index in [0.717, 1.165) is 11.1 Å². The third-order valence-corrected chi connectivity index (χ3v) is 2.70. The summed E-state index contributed by atoms with van der Waals surface area (Å²) in [6.07, 6.45) is 0.220. The van der Waals surface area contributed by atoms with Crippen molar-refractivity contribution in [3.05, 3.63) is 35.4 Å². The number of benzene rings is 1. The summed E-state index contributed by atoms with van der Waals surface area (Å²) >= 11 is 0. The number of aliphatic hydroxyl groups is 2. The van der Waals surface area contributed by atoms with E-state index in [9.17, 15) is 4.79 Å². The molecule has 0 heterocycles. The van der Waals surface area contributed by atoms with Crippen molar-refractivity contribution in [2.75, 3.05) is 20.3 Å². The largest absolute Gasteiger partial charge is 0.469 e. The molecule has 0 aromatic heterocycles. The Morgan fingerprint density at radius 3 is 2.44 bits per heavy atom. The molecule has 0 spiro atoms. The molecule has 0 saturated carbocycles. The first-order valence-corrected chi connectivity index (χ1v) is 5.80. The normalized spacial score (nSPS) is 10.7. The van der Waals surface area contributed by atoms with Gasteiger partial charge in [0.15, 0.2) is 0 Å². The van der Waals surface area contributed by atoms with E-state index in [2.05, 4.69) is 10.1 Å². The van der Waals surface area contributed by atoms with E-state index >= 15 is 0 Å². The SMILES string of the molecule is COC(=O)Cc1ccccc1CNC(CO)CO. The first-order chi connectivity index (χ1) is 8.71. The lowest BCUT2D eigenvalue weighted by atomic mass is 10.0. The summed E-state index contributed by atoms with van der Waals surface area (Å²) in [5.41, 5.74) is 1.83. The number of ether oxygens (including phenoxy) is 1. The molecule has 3 N–H and O–H groups in total. The topological polar surface area (TPSA) is 78.8 Å². The second-order valence-corrected chi connectivity index (χ2v) is 3.96. The Morgan fingerprint density at radius 2 is 1.89 bits per heavy atom. The number of hydrogen-bond donors (Lipinski definition) is 3. The van der Waals surface area contributed by atoms with Crippen molar-refractivity contribution >= 4 is 5.97 Å². The summed E-state index contributed by atoms with van der Waals surface area (Å²) in [5, 5.41) is 20.9. The molecule has 0 fully saturated rings. The van der Waals surface area contributed by atoms with Gasteiger partial charge < -0.3 is 20.3 Å². The van der Waals surface area contributed by atoms with Crippen LogP contribution < -0.4 is 5.32 Å². The van der Waals surface area contributed by atoms with Crippen LogP contribution in [0.4, 0.5) is 0 Å². The highest BCUT2D eigenvalue weighted by Crippen LogP contribution is 2.10. The Hall–Kier alpha value is -1.43. The molecule has 18 heavy (non-hydrogen) atoms. The fourth-order valence-corrected chi connectivity index (χ4v) is 1.57. The molecule has 0 aliphatic carbocycles. The molecule has 0 radical (unpaired) electrons. The predicted molar refractivity (Wildman–Crippen MR) is 67.0 cm³/mol. The molecule has 0 aliphatic rings. The van der Waals surface area contributed by atoms with Gasteiger partial charge in [0.25, 0.3) is 0 Å². The molecule has 0 aliphatic heterocycles. The van der Waals surface area contributed by atoms with E-state index in [4.69, 9.17) is 10.2 Å². The number of esters is 1. The Balaban J connectivity index is 2.67. The van der Waals surface area contributed by atoms with Gasteiger partial charge >= 0.3 is 5.97 Å². The number of hydrogen-bond acceptors (Lipinski definition) is 5. The number of methoxy groups -OCH3 is 1. The minimum atomic E-state index is -0.351. The quantitative estimate of drug-likeness (QED) is 0.589. The summed E-state index contributed by atoms with van der Waals surface area (Å²) in [5.74, 6) is -0.289. The van der Waals surface area contributed by atoms with Crippen LogP contribution in [-0.4, -0.2) is 42.5 Å². The van der Waals surface area contributed by atoms with Gasteiger partial charge in [-0.1, -0.05) is 24.3 Å². The fraction of sp³-hybridized carbons (Fsp3) is 0.462. The van der Waals surface area contributed by atoms with Gasteiger partial charge in [-0.15, -0.1) is 0 Å². The number of rotatable bonds is 7. The predicted octanol–water partition coefficient (Wildman–Crippen LogP) is -0.155. The number of carbonyl (C=O) groups excluding carboxylic acids is 1. The Bertz CT molecular complexity index is 377. The van der Waals surface area contributed by atoms with Crippen LogP contribution in [0.25, 0.3) is 0 Å². The number of carbonyl (C=O) groups is 1. The van der Waals surface area contributed by atoms with Crippen LogP contribution in [0.3, 0.4) is 0 Å². The van der Waals surface area contributed by atoms with E-state index in [-0.39, 0.29) is 31.6 Å². The Morgan fingerprint density at radius 1 is 1.28 bits per heavy atom. The molecule has 5 nitrogen and oxygen atoms in total. The van der Waals surface area contributed by atoms with Crippen LogP contribution in [0.5, 0.6) is 0 Å². The summed E-state index contributed by atoms with van der Waals surface area (Å²) in [6, 6.07) is 7.15. The first kappa shape index (κ1) is 14.6. The summed E-state index contributed by atoms with van der Waals surface area (Å²) < 4.78 is 4.64. The molecular weight excluding hydrogens is 234 g/mol. The molecule has 0 saturated heterocycles. The third kappa shape index (κ3) is 4.44. The zero-order valence-corrected chi connectivity index (χ0v) is 10.4. The average Bonchev–Trinajstić information content (AvgIpc) is 2.41. The summed E-state index contributed by atoms with van der Waals surface area (Å²) in [7, 11) is 1.36. The summed E-state index contributed by atoms with van der Waals surface area (Å²) in [6.45, 7) is 0.226. The molecule has 0 bridgehead atoms. The van der Waals surface area contributed by atoms with Crippen LogP contribution in [0.2, 0.25) is 0 Å². The lowest BCUT2D eigenvalue weighted by Crippen LogP contribution is -2.35. The van der Waals surface area contributed by atoms with E-state index < -0.39 is 0 Å². The van der Waals surface area contributed by atoms with Gasteiger partial charge in [-0.3, -0.25) is 4.79 Å². The smallest absolute Gasteiger partial charge is 0.309 e. The molecule has 0 atom stereocenters. The van der Waals surface area contributed by atoms with Crippen molar-refractivity contribution in [2.45, 2.75) is 19.0 Å². The van der Waals surface area contributed by atoms with Gasteiger partial charge in [0, 0.05) is 6.54 Å². The molecule has 0 amide bonds. The van der Waals surface area contributed by atoms with Crippen molar-refractivity contribution in [1.29, 1.82) is 0 Å². The third-order valence-electron chi connectivity index (χ3n) is 2.70. The molecule has 100 valence electrons. The maximum absolute atomic E-state index is 11.3. The number of nitrogens with one attached hydrogen (secondary N) is 1. The zero-order chi connectivity index (χ0) is 13.4. The van der Waals surface area contributed by atoms with E-state index in [1.54, 1.807) is 0 Å². The van der Waals surface area contributed by atoms with Crippen LogP contribution >= 0.6 is 0 Å². The Kier molecular flexibility index (Phi) is 6.35. The van der Waals surface area contributed by atoms with Crippen molar-refractivity contribution in [3.8, 4) is 0 Å². The Labute approximate surface area is 106 Å². The minimum absolute atomic E-state index is 0.129. The van der Waals surface area contributed by atoms with Crippen molar-refractivity contribution < 1.29 is 19.7 Å². The highest BCUT2D eigenvalue weighted by atomic mass is 16.5. The van der Waals surface area contributed by atoms with Gasteiger partial charge in [0.05, 0.1) is 32.8 Å². The zero-order valence-electron chi connectivity index (χ0n) is 10.4. The fourth-order valence-electron chi connectivity index (χ4n) is 1.57. The molecule has 1 aromatic rings. The molecular formula is C13H19NO4. The van der Waals surface area contributed by atoms with Gasteiger partial charge in [-0.2, -0.15) is 0 Å². The summed E-state index contributed by atoms with van der Waals surface area (Å²) in [4.78, 5) is 11.3. The van der Waals surface area contributed by atoms with Crippen LogP contribution in [0.15, 0.2) is 24.3 Å². The van der Waals surface area contributed by atoms with Gasteiger partial charge in [-0.05, 0) is 11.1 Å². The van der Waals surface area contributed by atoms with Crippen molar-refractivity contribution in [3.63, 3.8) is 0 Å². The molecule has 1 rings (SSSR count). The van der Waals surface area contributed by atoms with E-state index in [1.165, 1.54) is 7.11 Å². The average molecular weight is 253 g/mol. The van der Waals surface area contributed by atoms with Crippen molar-refractivity contribution in [2.24, 2.45) is 0 Å². The van der Waals surface area contributed by atoms with Crippen LogP contribution in [0.1, 0.15) is 11.1 Å². The lowest BCUT2D eigenvalue weighted by Gasteiger charge is -2.15. The lowest BCUT2D eigenvalue weighted by molar-refractivity contribution is -0.139. The van der Waals surface area contributed by atoms with Gasteiger partial charge in [-0.25, -0.2) is 0 Å². The molecule has 5 heteroatoms.